The molecular formula is C27H38O4. The zero-order chi connectivity index (χ0) is 23.9. The van der Waals surface area contributed by atoms with Crippen molar-refractivity contribution < 1.29 is 20.1 Å². The van der Waals surface area contributed by atoms with Crippen molar-refractivity contribution in [2.24, 2.45) is 0 Å². The molecule has 0 heterocycles. The Morgan fingerprint density at radius 3 is 1.26 bits per heavy atom. The lowest BCUT2D eigenvalue weighted by atomic mass is 9.71. The Morgan fingerprint density at radius 2 is 1.03 bits per heavy atom. The van der Waals surface area contributed by atoms with Crippen LogP contribution in [-0.4, -0.2) is 21.3 Å². The maximum atomic E-state index is 12.8. The lowest BCUT2D eigenvalue weighted by Crippen LogP contribution is -2.35. The van der Waals surface area contributed by atoms with Gasteiger partial charge in [0.2, 0.25) is 0 Å². The minimum Gasteiger partial charge on any atom is -0.507 e. The number of hydrogen-bond donors (Lipinski definition) is 3. The summed E-state index contributed by atoms with van der Waals surface area (Å²) < 4.78 is 0. The van der Waals surface area contributed by atoms with E-state index in [9.17, 15) is 20.1 Å². The van der Waals surface area contributed by atoms with E-state index in [0.29, 0.717) is 24.0 Å². The van der Waals surface area contributed by atoms with E-state index in [1.807, 2.05) is 79.7 Å². The molecule has 0 atom stereocenters. The summed E-state index contributed by atoms with van der Waals surface area (Å²) in [6.45, 7) is 17.7. The summed E-state index contributed by atoms with van der Waals surface area (Å²) in [7, 11) is 0. The van der Waals surface area contributed by atoms with Gasteiger partial charge in [0.15, 0.2) is 0 Å². The smallest absolute Gasteiger partial charge is 0.318 e. The van der Waals surface area contributed by atoms with E-state index in [1.165, 1.54) is 0 Å². The summed E-state index contributed by atoms with van der Waals surface area (Å²) in [5.74, 6) is -0.489. The minimum absolute atomic E-state index is 0.238. The van der Waals surface area contributed by atoms with Gasteiger partial charge < -0.3 is 15.3 Å². The van der Waals surface area contributed by atoms with E-state index in [-0.39, 0.29) is 22.3 Å². The van der Waals surface area contributed by atoms with Crippen molar-refractivity contribution in [3.63, 3.8) is 0 Å². The van der Waals surface area contributed by atoms with Crippen LogP contribution < -0.4 is 0 Å². The fourth-order valence-electron chi connectivity index (χ4n) is 4.06. The number of hydrogen-bond acceptors (Lipinski definition) is 3. The van der Waals surface area contributed by atoms with Crippen LogP contribution in [-0.2, 0) is 33.9 Å². The van der Waals surface area contributed by atoms with Crippen molar-refractivity contribution in [2.45, 2.75) is 91.4 Å². The van der Waals surface area contributed by atoms with Gasteiger partial charge in [-0.25, -0.2) is 0 Å². The Kier molecular flexibility index (Phi) is 6.57. The van der Waals surface area contributed by atoms with Crippen molar-refractivity contribution >= 4 is 5.97 Å². The Labute approximate surface area is 187 Å². The van der Waals surface area contributed by atoms with Gasteiger partial charge in [-0.2, -0.15) is 0 Å². The summed E-state index contributed by atoms with van der Waals surface area (Å²) in [4.78, 5) is 12.8. The Balaban J connectivity index is 2.95. The first kappa shape index (κ1) is 24.8. The molecule has 170 valence electrons. The maximum absolute atomic E-state index is 12.8. The fraction of sp³-hybridized carbons (Fsp3) is 0.519. The number of aliphatic carboxylic acids is 1. The quantitative estimate of drug-likeness (QED) is 0.531. The second-order valence-electron chi connectivity index (χ2n) is 10.7. The van der Waals surface area contributed by atoms with Gasteiger partial charge in [0.25, 0.3) is 0 Å². The van der Waals surface area contributed by atoms with E-state index < -0.39 is 11.4 Å². The van der Waals surface area contributed by atoms with Crippen molar-refractivity contribution in [3.8, 4) is 11.5 Å². The number of carboxylic acid groups (broad SMARTS) is 1. The Morgan fingerprint density at radius 1 is 0.710 bits per heavy atom. The van der Waals surface area contributed by atoms with Crippen LogP contribution in [0.25, 0.3) is 0 Å². The maximum Gasteiger partial charge on any atom is 0.318 e. The SMILES string of the molecule is CCc1cc(C(C)(C(=O)O)c2cc(CC)c(O)c(C(C)(C)C)c2)cc(C(C)(C)C)c1O. The first-order valence-corrected chi connectivity index (χ1v) is 11.1. The molecule has 2 rings (SSSR count). The standard InChI is InChI=1S/C27H38O4/c1-10-16-12-18(14-20(22(16)28)25(3,4)5)27(9,24(30)31)19-13-17(11-2)23(29)21(15-19)26(6,7)8/h12-15,28-29H,10-11H2,1-9H3,(H,30,31). The average Bonchev–Trinajstić information content (AvgIpc) is 2.65. The van der Waals surface area contributed by atoms with E-state index in [0.717, 1.165) is 22.3 Å². The zero-order valence-corrected chi connectivity index (χ0v) is 20.5. The lowest BCUT2D eigenvalue weighted by molar-refractivity contribution is -0.141. The number of aryl methyl sites for hydroxylation is 2. The van der Waals surface area contributed by atoms with Crippen molar-refractivity contribution in [1.29, 1.82) is 0 Å². The molecule has 0 unspecified atom stereocenters. The molecule has 4 heteroatoms. The van der Waals surface area contributed by atoms with Gasteiger partial charge in [0, 0.05) is 0 Å². The summed E-state index contributed by atoms with van der Waals surface area (Å²) in [5.41, 5.74) is 2.18. The number of benzene rings is 2. The van der Waals surface area contributed by atoms with E-state index in [1.54, 1.807) is 6.92 Å². The number of carboxylic acids is 1. The monoisotopic (exact) mass is 426 g/mol. The summed E-state index contributed by atoms with van der Waals surface area (Å²) in [5, 5.41) is 32.1. The fourth-order valence-corrected chi connectivity index (χ4v) is 4.06. The van der Waals surface area contributed by atoms with Crippen LogP contribution >= 0.6 is 0 Å². The van der Waals surface area contributed by atoms with Gasteiger partial charge in [0.1, 0.15) is 16.9 Å². The van der Waals surface area contributed by atoms with E-state index in [4.69, 9.17) is 0 Å². The molecular weight excluding hydrogens is 388 g/mol. The predicted molar refractivity (Wildman–Crippen MR) is 126 cm³/mol. The van der Waals surface area contributed by atoms with Crippen LogP contribution in [0, 0.1) is 0 Å². The third kappa shape index (κ3) is 4.44. The zero-order valence-electron chi connectivity index (χ0n) is 20.5. The van der Waals surface area contributed by atoms with Crippen LogP contribution in [0.4, 0.5) is 0 Å². The van der Waals surface area contributed by atoms with Crippen molar-refractivity contribution in [2.75, 3.05) is 0 Å². The van der Waals surface area contributed by atoms with Crippen molar-refractivity contribution in [3.05, 3.63) is 57.6 Å². The molecule has 0 amide bonds. The highest BCUT2D eigenvalue weighted by molar-refractivity contribution is 5.86. The molecule has 3 N–H and O–H groups in total. The van der Waals surface area contributed by atoms with Crippen LogP contribution in [0.3, 0.4) is 0 Å². The first-order chi connectivity index (χ1) is 14.1. The molecule has 0 saturated heterocycles. The van der Waals surface area contributed by atoms with Gasteiger partial charge in [-0.15, -0.1) is 0 Å². The summed E-state index contributed by atoms with van der Waals surface area (Å²) in [6, 6.07) is 7.29. The molecule has 0 radical (unpaired) electrons. The highest BCUT2D eigenvalue weighted by Crippen LogP contribution is 2.43. The minimum atomic E-state index is -1.34. The van der Waals surface area contributed by atoms with Gasteiger partial charge in [-0.05, 0) is 64.0 Å². The average molecular weight is 427 g/mol. The molecule has 2 aromatic carbocycles. The lowest BCUT2D eigenvalue weighted by Gasteiger charge is -2.32. The number of carbonyl (C=O) groups is 1. The number of aromatic hydroxyl groups is 2. The van der Waals surface area contributed by atoms with Crippen molar-refractivity contribution in [1.82, 2.24) is 0 Å². The van der Waals surface area contributed by atoms with Gasteiger partial charge in [-0.1, -0.05) is 79.7 Å². The van der Waals surface area contributed by atoms with Crippen LogP contribution in [0.15, 0.2) is 24.3 Å². The second-order valence-corrected chi connectivity index (χ2v) is 10.7. The number of phenolic OH excluding ortho intramolecular Hbond substituents is 2. The van der Waals surface area contributed by atoms with Crippen LogP contribution in [0.1, 0.15) is 95.7 Å². The normalized spacial score (nSPS) is 12.8. The van der Waals surface area contributed by atoms with Gasteiger partial charge in [-0.3, -0.25) is 4.79 Å². The molecule has 4 nitrogen and oxygen atoms in total. The first-order valence-electron chi connectivity index (χ1n) is 11.1. The third-order valence-corrected chi connectivity index (χ3v) is 6.34. The molecule has 0 fully saturated rings. The van der Waals surface area contributed by atoms with Gasteiger partial charge in [0.05, 0.1) is 0 Å². The largest absolute Gasteiger partial charge is 0.507 e. The molecule has 2 aromatic rings. The molecule has 31 heavy (non-hydrogen) atoms. The molecule has 0 aliphatic carbocycles. The van der Waals surface area contributed by atoms with Gasteiger partial charge >= 0.3 is 5.97 Å². The van der Waals surface area contributed by atoms with E-state index in [2.05, 4.69) is 0 Å². The number of rotatable bonds is 5. The second kappa shape index (κ2) is 8.22. The topological polar surface area (TPSA) is 77.8 Å². The van der Waals surface area contributed by atoms with E-state index >= 15 is 0 Å². The highest BCUT2D eigenvalue weighted by atomic mass is 16.4. The molecule has 0 spiro atoms. The Bertz CT molecular complexity index is 916. The predicted octanol–water partition coefficient (Wildman–Crippen LogP) is 6.21. The molecule has 0 aromatic heterocycles. The molecule has 0 bridgehead atoms. The van der Waals surface area contributed by atoms with Crippen LogP contribution in [0.2, 0.25) is 0 Å². The molecule has 0 aliphatic heterocycles. The molecule has 0 aliphatic rings. The summed E-state index contributed by atoms with van der Waals surface area (Å²) >= 11 is 0. The van der Waals surface area contributed by atoms with Crippen LogP contribution in [0.5, 0.6) is 11.5 Å². The number of phenols is 2. The third-order valence-electron chi connectivity index (χ3n) is 6.34. The highest BCUT2D eigenvalue weighted by Gasteiger charge is 2.40. The summed E-state index contributed by atoms with van der Waals surface area (Å²) in [6.07, 6.45) is 1.20. The Hall–Kier alpha value is -2.49. The molecule has 0 saturated carbocycles.